The number of benzene rings is 3. The molecule has 0 aliphatic carbocycles. The van der Waals surface area contributed by atoms with Crippen molar-refractivity contribution in [1.82, 2.24) is 4.57 Å². The number of hydrogen-bond donors (Lipinski definition) is 0. The topological polar surface area (TPSA) is 60.7 Å². The molecule has 0 bridgehead atoms. The molecule has 31 heavy (non-hydrogen) atoms. The Labute approximate surface area is 183 Å². The molecule has 6 heteroatoms. The minimum absolute atomic E-state index is 0.0955. The van der Waals surface area contributed by atoms with Gasteiger partial charge in [0, 0.05) is 16.7 Å². The van der Waals surface area contributed by atoms with Crippen LogP contribution in [-0.2, 0) is 6.54 Å². The number of hydrogen-bond acceptors (Lipinski definition) is 4. The summed E-state index contributed by atoms with van der Waals surface area (Å²) in [5.74, 6) is 2.83. The van der Waals surface area contributed by atoms with Gasteiger partial charge in [-0.2, -0.15) is 4.99 Å². The van der Waals surface area contributed by atoms with E-state index < -0.39 is 5.91 Å². The fraction of sp³-hybridized carbons (Fsp3) is 0.0800. The molecule has 1 aromatic heterocycles. The molecule has 152 valence electrons. The first-order valence-electron chi connectivity index (χ1n) is 9.50. The van der Waals surface area contributed by atoms with Crippen LogP contribution in [0.25, 0.3) is 10.2 Å². The van der Waals surface area contributed by atoms with Crippen molar-refractivity contribution < 1.29 is 14.3 Å². The maximum absolute atomic E-state index is 12.8. The first-order valence-corrected chi connectivity index (χ1v) is 10.3. The average molecular weight is 426 g/mol. The molecule has 0 spiro atoms. The number of thiazole rings is 1. The molecule has 3 aromatic carbocycles. The minimum Gasteiger partial charge on any atom is -0.497 e. The number of ether oxygens (including phenoxy) is 1. The van der Waals surface area contributed by atoms with E-state index in [1.54, 1.807) is 43.5 Å². The highest BCUT2D eigenvalue weighted by molar-refractivity contribution is 7.16. The molecule has 1 amide bonds. The lowest BCUT2D eigenvalue weighted by molar-refractivity contribution is 0.0994. The molecule has 0 unspecified atom stereocenters. The summed E-state index contributed by atoms with van der Waals surface area (Å²) in [6, 6.07) is 21.2. The summed E-state index contributed by atoms with van der Waals surface area (Å²) in [6.07, 6.45) is 5.52. The van der Waals surface area contributed by atoms with Crippen molar-refractivity contribution in [3.05, 3.63) is 94.3 Å². The number of nitrogens with zero attached hydrogens (tertiary/aromatic N) is 2. The lowest BCUT2D eigenvalue weighted by Gasteiger charge is -2.03. The Hall–Kier alpha value is -3.95. The van der Waals surface area contributed by atoms with Crippen LogP contribution >= 0.6 is 11.3 Å². The van der Waals surface area contributed by atoms with Crippen LogP contribution in [0.1, 0.15) is 26.3 Å². The third-order valence-electron chi connectivity index (χ3n) is 4.77. The van der Waals surface area contributed by atoms with E-state index in [2.05, 4.69) is 10.9 Å². The van der Waals surface area contributed by atoms with Crippen molar-refractivity contribution in [2.75, 3.05) is 7.11 Å². The van der Waals surface area contributed by atoms with Gasteiger partial charge in [0.15, 0.2) is 10.6 Å². The van der Waals surface area contributed by atoms with E-state index >= 15 is 0 Å². The van der Waals surface area contributed by atoms with Gasteiger partial charge in [-0.15, -0.1) is 6.42 Å². The van der Waals surface area contributed by atoms with Crippen LogP contribution in [0.4, 0.5) is 0 Å². The van der Waals surface area contributed by atoms with E-state index in [4.69, 9.17) is 11.2 Å². The van der Waals surface area contributed by atoms with Gasteiger partial charge in [0.25, 0.3) is 5.91 Å². The summed E-state index contributed by atoms with van der Waals surface area (Å²) in [5.41, 5.74) is 2.40. The van der Waals surface area contributed by atoms with Crippen LogP contribution in [0, 0.1) is 12.3 Å². The van der Waals surface area contributed by atoms with Crippen molar-refractivity contribution >= 4 is 33.2 Å². The lowest BCUT2D eigenvalue weighted by Crippen LogP contribution is -2.16. The van der Waals surface area contributed by atoms with Gasteiger partial charge in [-0.05, 0) is 30.3 Å². The van der Waals surface area contributed by atoms with Crippen LogP contribution in [0.2, 0.25) is 0 Å². The number of carbonyl (C=O) groups excluding carboxylic acids is 2. The molecule has 4 aromatic rings. The molecule has 0 aliphatic heterocycles. The zero-order valence-corrected chi connectivity index (χ0v) is 17.6. The number of ketones is 1. The van der Waals surface area contributed by atoms with Crippen molar-refractivity contribution in [2.45, 2.75) is 6.54 Å². The van der Waals surface area contributed by atoms with Crippen molar-refractivity contribution in [3.8, 4) is 18.1 Å². The molecule has 0 saturated heterocycles. The molecule has 0 saturated carbocycles. The van der Waals surface area contributed by atoms with Crippen LogP contribution in [-0.4, -0.2) is 23.4 Å². The standard InChI is InChI=1S/C25H18N2O3S/c1-3-15-27-21-14-13-20(30-2)16-22(21)31-25(27)26-24(29)19-11-9-18(10-12-19)23(28)17-7-5-4-6-8-17/h1,4-14,16H,15H2,2H3. The maximum Gasteiger partial charge on any atom is 0.279 e. The molecule has 0 N–H and O–H groups in total. The molecule has 0 radical (unpaired) electrons. The average Bonchev–Trinajstić information content (AvgIpc) is 3.15. The van der Waals surface area contributed by atoms with E-state index in [0.717, 1.165) is 16.0 Å². The summed E-state index contributed by atoms with van der Waals surface area (Å²) in [6.45, 7) is 0.295. The van der Waals surface area contributed by atoms with Gasteiger partial charge in [-0.25, -0.2) is 0 Å². The van der Waals surface area contributed by atoms with Gasteiger partial charge in [-0.3, -0.25) is 9.59 Å². The number of fused-ring (bicyclic) bond motifs is 1. The summed E-state index contributed by atoms with van der Waals surface area (Å²) < 4.78 is 8.02. The monoisotopic (exact) mass is 426 g/mol. The highest BCUT2D eigenvalue weighted by atomic mass is 32.1. The van der Waals surface area contributed by atoms with Crippen LogP contribution < -0.4 is 9.54 Å². The summed E-state index contributed by atoms with van der Waals surface area (Å²) in [5, 5.41) is 0. The van der Waals surface area contributed by atoms with Crippen LogP contribution in [0.5, 0.6) is 5.75 Å². The fourth-order valence-electron chi connectivity index (χ4n) is 3.18. The number of carbonyl (C=O) groups is 2. The highest BCUT2D eigenvalue weighted by Gasteiger charge is 2.12. The van der Waals surface area contributed by atoms with E-state index in [1.807, 2.05) is 41.0 Å². The van der Waals surface area contributed by atoms with E-state index in [-0.39, 0.29) is 5.78 Å². The summed E-state index contributed by atoms with van der Waals surface area (Å²) in [4.78, 5) is 30.1. The predicted molar refractivity (Wildman–Crippen MR) is 121 cm³/mol. The fourth-order valence-corrected chi connectivity index (χ4v) is 4.24. The third kappa shape index (κ3) is 4.18. The first-order chi connectivity index (χ1) is 15.1. The Bertz CT molecular complexity index is 1370. The maximum atomic E-state index is 12.8. The second-order valence-corrected chi connectivity index (χ2v) is 7.71. The van der Waals surface area contributed by atoms with Gasteiger partial charge in [0.1, 0.15) is 5.75 Å². The van der Waals surface area contributed by atoms with E-state index in [9.17, 15) is 9.59 Å². The Morgan fingerprint density at radius 2 is 1.68 bits per heavy atom. The second-order valence-electron chi connectivity index (χ2n) is 6.70. The Kier molecular flexibility index (Phi) is 5.78. The normalized spacial score (nSPS) is 11.3. The summed E-state index contributed by atoms with van der Waals surface area (Å²) in [7, 11) is 1.60. The van der Waals surface area contributed by atoms with Gasteiger partial charge < -0.3 is 9.30 Å². The second kappa shape index (κ2) is 8.82. The van der Waals surface area contributed by atoms with Crippen molar-refractivity contribution in [2.24, 2.45) is 4.99 Å². The lowest BCUT2D eigenvalue weighted by atomic mass is 10.0. The molecular weight excluding hydrogens is 408 g/mol. The number of terminal acetylenes is 1. The number of methoxy groups -OCH3 is 1. The third-order valence-corrected chi connectivity index (χ3v) is 5.81. The molecule has 0 atom stereocenters. The van der Waals surface area contributed by atoms with Crippen LogP contribution in [0.15, 0.2) is 77.8 Å². The SMILES string of the molecule is C#CCn1c(=NC(=O)c2ccc(C(=O)c3ccccc3)cc2)sc2cc(OC)ccc21. The van der Waals surface area contributed by atoms with Crippen molar-refractivity contribution in [3.63, 3.8) is 0 Å². The number of rotatable bonds is 5. The molecular formula is C25H18N2O3S. The smallest absolute Gasteiger partial charge is 0.279 e. The quantitative estimate of drug-likeness (QED) is 0.353. The van der Waals surface area contributed by atoms with E-state index in [1.165, 1.54) is 11.3 Å². The van der Waals surface area contributed by atoms with E-state index in [0.29, 0.717) is 28.0 Å². The summed E-state index contributed by atoms with van der Waals surface area (Å²) >= 11 is 1.37. The van der Waals surface area contributed by atoms with Gasteiger partial charge >= 0.3 is 0 Å². The zero-order valence-electron chi connectivity index (χ0n) is 16.7. The Morgan fingerprint density at radius 3 is 2.35 bits per heavy atom. The largest absolute Gasteiger partial charge is 0.497 e. The predicted octanol–water partition coefficient (Wildman–Crippen LogP) is 4.32. The van der Waals surface area contributed by atoms with Gasteiger partial charge in [-0.1, -0.05) is 59.7 Å². The Balaban J connectivity index is 1.67. The minimum atomic E-state index is -0.400. The highest BCUT2D eigenvalue weighted by Crippen LogP contribution is 2.23. The molecule has 0 fully saturated rings. The molecule has 4 rings (SSSR count). The zero-order chi connectivity index (χ0) is 21.8. The van der Waals surface area contributed by atoms with Gasteiger partial charge in [0.05, 0.1) is 23.9 Å². The molecule has 5 nitrogen and oxygen atoms in total. The number of amides is 1. The Morgan fingerprint density at radius 1 is 1.00 bits per heavy atom. The van der Waals surface area contributed by atoms with Crippen LogP contribution in [0.3, 0.4) is 0 Å². The molecule has 1 heterocycles. The molecule has 0 aliphatic rings. The first kappa shape index (κ1) is 20.3. The number of aromatic nitrogens is 1. The van der Waals surface area contributed by atoms with Crippen molar-refractivity contribution in [1.29, 1.82) is 0 Å². The van der Waals surface area contributed by atoms with Gasteiger partial charge in [0.2, 0.25) is 0 Å².